The number of rotatable bonds is 15. The number of benzene rings is 4. The number of aromatic nitrogens is 1. The van der Waals surface area contributed by atoms with Gasteiger partial charge < -0.3 is 36.2 Å². The van der Waals surface area contributed by atoms with Gasteiger partial charge in [-0.3, -0.25) is 9.59 Å². The molecule has 2 amide bonds. The summed E-state index contributed by atoms with van der Waals surface area (Å²) in [6, 6.07) is 36.4. The van der Waals surface area contributed by atoms with E-state index in [4.69, 9.17) is 15.2 Å². The fourth-order valence-corrected chi connectivity index (χ4v) is 7.07. The SMILES string of the molecule is Nc1ccccc1NC(=O)CCCCC(=O)NCc1cccc(-c2cccc(C3OC(CSc4cccc[n+]4[O-])CC(c4ccc(CO)cc4)O3)c2)c1. The van der Waals surface area contributed by atoms with Crippen LogP contribution in [-0.4, -0.2) is 28.8 Å². The van der Waals surface area contributed by atoms with E-state index in [9.17, 15) is 19.9 Å². The van der Waals surface area contributed by atoms with E-state index in [0.29, 0.717) is 60.8 Å². The number of hydrogen-bond acceptors (Lipinski definition) is 8. The smallest absolute Gasteiger partial charge is 0.251 e. The monoisotopic (exact) mass is 732 g/mol. The first-order valence-corrected chi connectivity index (χ1v) is 18.7. The Morgan fingerprint density at radius 1 is 0.811 bits per heavy atom. The van der Waals surface area contributed by atoms with Crippen LogP contribution >= 0.6 is 11.8 Å². The van der Waals surface area contributed by atoms with Crippen LogP contribution in [0.5, 0.6) is 0 Å². The van der Waals surface area contributed by atoms with Crippen LogP contribution in [0.25, 0.3) is 11.1 Å². The Kier molecular flexibility index (Phi) is 13.1. The molecule has 5 aromatic rings. The maximum absolute atomic E-state index is 12.6. The Balaban J connectivity index is 1.06. The van der Waals surface area contributed by atoms with Crippen molar-refractivity contribution in [3.63, 3.8) is 0 Å². The van der Waals surface area contributed by atoms with Crippen molar-refractivity contribution in [2.75, 3.05) is 16.8 Å². The van der Waals surface area contributed by atoms with Crippen molar-refractivity contribution in [3.8, 4) is 11.1 Å². The van der Waals surface area contributed by atoms with E-state index in [1.807, 2.05) is 78.9 Å². The number of nitrogens with one attached hydrogen (secondary N) is 2. The summed E-state index contributed by atoms with van der Waals surface area (Å²) < 4.78 is 14.0. The highest BCUT2D eigenvalue weighted by Gasteiger charge is 2.33. The molecule has 5 N–H and O–H groups in total. The molecule has 11 heteroatoms. The van der Waals surface area contributed by atoms with Crippen molar-refractivity contribution < 1.29 is 28.9 Å². The topological polar surface area (TPSA) is 150 Å². The van der Waals surface area contributed by atoms with E-state index >= 15 is 0 Å². The summed E-state index contributed by atoms with van der Waals surface area (Å²) in [6.45, 7) is 0.354. The number of nitrogen functional groups attached to an aromatic ring is 1. The lowest BCUT2D eigenvalue weighted by atomic mass is 9.99. The van der Waals surface area contributed by atoms with Gasteiger partial charge in [0.15, 0.2) is 12.5 Å². The highest BCUT2D eigenvalue weighted by Crippen LogP contribution is 2.40. The second kappa shape index (κ2) is 18.5. The number of nitrogens with zero attached hydrogens (tertiary/aromatic N) is 1. The van der Waals surface area contributed by atoms with Gasteiger partial charge in [-0.1, -0.05) is 84.6 Å². The first kappa shape index (κ1) is 37.6. The minimum Gasteiger partial charge on any atom is -0.618 e. The van der Waals surface area contributed by atoms with Gasteiger partial charge in [-0.2, -0.15) is 4.73 Å². The van der Waals surface area contributed by atoms with Crippen LogP contribution in [0.3, 0.4) is 0 Å². The van der Waals surface area contributed by atoms with Gasteiger partial charge in [0, 0.05) is 49.3 Å². The van der Waals surface area contributed by atoms with Gasteiger partial charge in [-0.15, -0.1) is 0 Å². The lowest BCUT2D eigenvalue weighted by Crippen LogP contribution is -2.32. The number of aliphatic hydroxyl groups is 1. The molecule has 1 aromatic heterocycles. The molecule has 6 rings (SSSR count). The molecule has 2 heterocycles. The number of nitrogens with two attached hydrogens (primary N) is 1. The van der Waals surface area contributed by atoms with E-state index < -0.39 is 6.29 Å². The van der Waals surface area contributed by atoms with Crippen molar-refractivity contribution in [1.29, 1.82) is 0 Å². The number of ether oxygens (including phenoxy) is 2. The molecule has 274 valence electrons. The van der Waals surface area contributed by atoms with E-state index in [-0.39, 0.29) is 30.6 Å². The normalized spacial score (nSPS) is 16.9. The lowest BCUT2D eigenvalue weighted by molar-refractivity contribution is -0.645. The number of anilines is 2. The summed E-state index contributed by atoms with van der Waals surface area (Å²) >= 11 is 1.46. The molecule has 1 saturated heterocycles. The molecule has 3 atom stereocenters. The molecular formula is C42H44N4O6S. The number of carbonyl (C=O) groups excluding carboxylic acids is 2. The summed E-state index contributed by atoms with van der Waals surface area (Å²) in [5.41, 5.74) is 12.6. The zero-order valence-electron chi connectivity index (χ0n) is 29.4. The molecule has 0 radical (unpaired) electrons. The number of para-hydroxylation sites is 2. The Morgan fingerprint density at radius 3 is 2.32 bits per heavy atom. The predicted octanol–water partition coefficient (Wildman–Crippen LogP) is 7.21. The standard InChI is InChI=1S/C42H44N4O6S/c43-36-13-1-2-14-37(36)45-40(49)16-4-3-15-39(48)44-26-30-9-7-10-32(23-30)33-11-8-12-34(24-33)42-51-35(28-53-41-17-5-6-22-46(41)50)25-38(52-42)31-20-18-29(27-47)19-21-31/h1-2,5-14,17-24,35,38,42,47H,3-4,15-16,25-28,43H2,(H,44,48)(H,45,49). The number of thioether (sulfide) groups is 1. The quantitative estimate of drug-likeness (QED) is 0.0290. The molecule has 0 bridgehead atoms. The third-order valence-corrected chi connectivity index (χ3v) is 10.2. The van der Waals surface area contributed by atoms with E-state index in [1.54, 1.807) is 24.3 Å². The van der Waals surface area contributed by atoms with Crippen LogP contribution in [0.1, 0.15) is 66.8 Å². The van der Waals surface area contributed by atoms with Gasteiger partial charge >= 0.3 is 0 Å². The average Bonchev–Trinajstić information content (AvgIpc) is 3.19. The van der Waals surface area contributed by atoms with Crippen molar-refractivity contribution >= 4 is 35.0 Å². The van der Waals surface area contributed by atoms with E-state index in [1.165, 1.54) is 18.0 Å². The second-order valence-electron chi connectivity index (χ2n) is 13.0. The van der Waals surface area contributed by atoms with Crippen LogP contribution in [-0.2, 0) is 32.2 Å². The molecule has 0 spiro atoms. The largest absolute Gasteiger partial charge is 0.618 e. The molecule has 0 aliphatic carbocycles. The summed E-state index contributed by atoms with van der Waals surface area (Å²) in [7, 11) is 0. The Bertz CT molecular complexity index is 1990. The van der Waals surface area contributed by atoms with Crippen molar-refractivity contribution in [2.45, 2.75) is 68.8 Å². The van der Waals surface area contributed by atoms with Crippen LogP contribution in [0.2, 0.25) is 0 Å². The minimum absolute atomic E-state index is 0.0303. The summed E-state index contributed by atoms with van der Waals surface area (Å²) in [5, 5.41) is 28.3. The fraction of sp³-hybridized carbons (Fsp3) is 0.262. The second-order valence-corrected chi connectivity index (χ2v) is 14.0. The number of pyridine rings is 1. The Morgan fingerprint density at radius 2 is 1.55 bits per heavy atom. The highest BCUT2D eigenvalue weighted by atomic mass is 32.2. The van der Waals surface area contributed by atoms with Gasteiger partial charge in [-0.05, 0) is 71.0 Å². The molecule has 3 unspecified atom stereocenters. The number of hydrogen-bond donors (Lipinski definition) is 4. The molecule has 10 nitrogen and oxygen atoms in total. The first-order valence-electron chi connectivity index (χ1n) is 17.8. The fourth-order valence-electron chi connectivity index (χ4n) is 6.13. The van der Waals surface area contributed by atoms with Crippen LogP contribution in [0.15, 0.2) is 126 Å². The van der Waals surface area contributed by atoms with Crippen LogP contribution in [0.4, 0.5) is 11.4 Å². The molecule has 53 heavy (non-hydrogen) atoms. The van der Waals surface area contributed by atoms with Crippen molar-refractivity contribution in [1.82, 2.24) is 5.32 Å². The zero-order valence-corrected chi connectivity index (χ0v) is 30.2. The average molecular weight is 733 g/mol. The summed E-state index contributed by atoms with van der Waals surface area (Å²) in [4.78, 5) is 24.9. The maximum atomic E-state index is 12.6. The Labute approximate surface area is 313 Å². The van der Waals surface area contributed by atoms with Gasteiger partial charge in [0.05, 0.1) is 30.2 Å². The molecule has 1 fully saturated rings. The van der Waals surface area contributed by atoms with Crippen LogP contribution < -0.4 is 21.1 Å². The predicted molar refractivity (Wildman–Crippen MR) is 206 cm³/mol. The molecule has 1 aliphatic rings. The number of unbranched alkanes of at least 4 members (excludes halogenated alkanes) is 1. The van der Waals surface area contributed by atoms with Crippen LogP contribution in [0, 0.1) is 5.21 Å². The number of aliphatic hydroxyl groups excluding tert-OH is 1. The van der Waals surface area contributed by atoms with Gasteiger partial charge in [0.1, 0.15) is 0 Å². The zero-order chi connectivity index (χ0) is 37.0. The van der Waals surface area contributed by atoms with E-state index in [0.717, 1.165) is 38.1 Å². The third-order valence-electron chi connectivity index (χ3n) is 9.02. The third kappa shape index (κ3) is 10.7. The van der Waals surface area contributed by atoms with E-state index in [2.05, 4.69) is 22.8 Å². The van der Waals surface area contributed by atoms with Gasteiger partial charge in [0.2, 0.25) is 11.8 Å². The number of carbonyl (C=O) groups is 2. The minimum atomic E-state index is -0.642. The molecular weight excluding hydrogens is 689 g/mol. The first-order chi connectivity index (χ1) is 25.8. The molecule has 0 saturated carbocycles. The summed E-state index contributed by atoms with van der Waals surface area (Å²) in [6.07, 6.45) is 2.86. The number of amides is 2. The van der Waals surface area contributed by atoms with Gasteiger partial charge in [0.25, 0.3) is 5.03 Å². The highest BCUT2D eigenvalue weighted by molar-refractivity contribution is 7.99. The van der Waals surface area contributed by atoms with Gasteiger partial charge in [-0.25, -0.2) is 0 Å². The van der Waals surface area contributed by atoms with Crippen molar-refractivity contribution in [2.24, 2.45) is 0 Å². The molecule has 4 aromatic carbocycles. The lowest BCUT2D eigenvalue weighted by Gasteiger charge is -2.36. The summed E-state index contributed by atoms with van der Waals surface area (Å²) in [5.74, 6) is 0.380. The van der Waals surface area contributed by atoms with Crippen molar-refractivity contribution in [3.05, 3.63) is 149 Å². The maximum Gasteiger partial charge on any atom is 0.251 e. The Hall–Kier alpha value is -5.20. The molecule has 1 aliphatic heterocycles.